The zero-order chi connectivity index (χ0) is 13.8. The first-order valence-electron chi connectivity index (χ1n) is 6.52. The van der Waals surface area contributed by atoms with Gasteiger partial charge in [0.15, 0.2) is 0 Å². The van der Waals surface area contributed by atoms with Crippen molar-refractivity contribution in [3.63, 3.8) is 0 Å². The SMILES string of the molecule is C[Si](C)Oc1cc(C(C)(C)C)ccc1CCCBr. The minimum atomic E-state index is -0.707. The smallest absolute Gasteiger partial charge is 0.274 e. The van der Waals surface area contributed by atoms with Crippen molar-refractivity contribution in [2.24, 2.45) is 0 Å². The Balaban J connectivity index is 3.04. The molecule has 0 saturated heterocycles. The molecule has 0 atom stereocenters. The van der Waals surface area contributed by atoms with Crippen molar-refractivity contribution in [2.45, 2.75) is 52.1 Å². The molecule has 1 nitrogen and oxygen atoms in total. The summed E-state index contributed by atoms with van der Waals surface area (Å²) < 4.78 is 6.06. The molecule has 0 spiro atoms. The van der Waals surface area contributed by atoms with E-state index < -0.39 is 9.04 Å². The third-order valence-electron chi connectivity index (χ3n) is 2.83. The van der Waals surface area contributed by atoms with E-state index in [1.54, 1.807) is 0 Å². The molecule has 1 aromatic carbocycles. The Labute approximate surface area is 122 Å². The molecule has 101 valence electrons. The molecule has 0 aromatic heterocycles. The van der Waals surface area contributed by atoms with Crippen LogP contribution < -0.4 is 4.43 Å². The van der Waals surface area contributed by atoms with Gasteiger partial charge in [0, 0.05) is 5.33 Å². The zero-order valence-corrected chi connectivity index (χ0v) is 14.7. The second-order valence-corrected chi connectivity index (χ2v) is 8.69. The van der Waals surface area contributed by atoms with E-state index in [2.05, 4.69) is 68.0 Å². The number of hydrogen-bond donors (Lipinski definition) is 0. The van der Waals surface area contributed by atoms with Gasteiger partial charge >= 0.3 is 0 Å². The molecular formula is C15H24BrOSi. The molecule has 0 N–H and O–H groups in total. The predicted octanol–water partition coefficient (Wildman–Crippen LogP) is 4.94. The van der Waals surface area contributed by atoms with Crippen LogP contribution >= 0.6 is 15.9 Å². The first-order valence-corrected chi connectivity index (χ1v) is 10.0. The Kier molecular flexibility index (Phi) is 5.92. The average Bonchev–Trinajstić information content (AvgIpc) is 2.25. The Morgan fingerprint density at radius 1 is 1.22 bits per heavy atom. The van der Waals surface area contributed by atoms with Gasteiger partial charge in [-0.15, -0.1) is 0 Å². The maximum Gasteiger partial charge on any atom is 0.274 e. The molecule has 0 bridgehead atoms. The van der Waals surface area contributed by atoms with Crippen LogP contribution in [-0.4, -0.2) is 14.4 Å². The van der Waals surface area contributed by atoms with Crippen LogP contribution in [0.3, 0.4) is 0 Å². The summed E-state index contributed by atoms with van der Waals surface area (Å²) in [6.45, 7) is 11.1. The normalized spacial score (nSPS) is 11.9. The maximum atomic E-state index is 6.06. The number of halogens is 1. The van der Waals surface area contributed by atoms with Crippen molar-refractivity contribution in [1.82, 2.24) is 0 Å². The van der Waals surface area contributed by atoms with E-state index >= 15 is 0 Å². The molecule has 0 aliphatic heterocycles. The highest BCUT2D eigenvalue weighted by Crippen LogP contribution is 2.29. The van der Waals surface area contributed by atoms with Crippen molar-refractivity contribution < 1.29 is 4.43 Å². The first-order chi connectivity index (χ1) is 8.34. The lowest BCUT2D eigenvalue weighted by Gasteiger charge is -2.22. The van der Waals surface area contributed by atoms with Gasteiger partial charge in [0.1, 0.15) is 5.75 Å². The topological polar surface area (TPSA) is 9.23 Å². The number of benzene rings is 1. The van der Waals surface area contributed by atoms with Crippen LogP contribution in [-0.2, 0) is 11.8 Å². The summed E-state index contributed by atoms with van der Waals surface area (Å²) in [5.74, 6) is 1.10. The molecule has 0 aliphatic rings. The molecule has 0 unspecified atom stereocenters. The summed E-state index contributed by atoms with van der Waals surface area (Å²) in [5, 5.41) is 1.05. The van der Waals surface area contributed by atoms with E-state index in [9.17, 15) is 0 Å². The van der Waals surface area contributed by atoms with Gasteiger partial charge in [-0.1, -0.05) is 48.8 Å². The van der Waals surface area contributed by atoms with Crippen molar-refractivity contribution >= 4 is 25.0 Å². The molecule has 0 heterocycles. The molecule has 1 radical (unpaired) electrons. The van der Waals surface area contributed by atoms with Gasteiger partial charge in [-0.05, 0) is 48.5 Å². The minimum absolute atomic E-state index is 0.181. The lowest BCUT2D eigenvalue weighted by atomic mass is 9.86. The van der Waals surface area contributed by atoms with Crippen LogP contribution in [0, 0.1) is 0 Å². The quantitative estimate of drug-likeness (QED) is 0.549. The van der Waals surface area contributed by atoms with Gasteiger partial charge < -0.3 is 4.43 Å². The number of hydrogen-bond acceptors (Lipinski definition) is 1. The highest BCUT2D eigenvalue weighted by atomic mass is 79.9. The molecule has 1 rings (SSSR count). The maximum absolute atomic E-state index is 6.06. The Morgan fingerprint density at radius 3 is 2.39 bits per heavy atom. The molecular weight excluding hydrogens is 304 g/mol. The summed E-state index contributed by atoms with van der Waals surface area (Å²) in [5.41, 5.74) is 2.87. The lowest BCUT2D eigenvalue weighted by molar-refractivity contribution is 0.553. The van der Waals surface area contributed by atoms with Crippen LogP contribution in [0.2, 0.25) is 13.1 Å². The van der Waals surface area contributed by atoms with E-state index in [0.29, 0.717) is 0 Å². The van der Waals surface area contributed by atoms with Crippen molar-refractivity contribution in [2.75, 3.05) is 5.33 Å². The molecule has 0 fully saturated rings. The van der Waals surface area contributed by atoms with Crippen LogP contribution in [0.25, 0.3) is 0 Å². The van der Waals surface area contributed by atoms with Gasteiger partial charge in [-0.3, -0.25) is 0 Å². The average molecular weight is 328 g/mol. The number of alkyl halides is 1. The lowest BCUT2D eigenvalue weighted by Crippen LogP contribution is -2.15. The van der Waals surface area contributed by atoms with E-state index in [1.165, 1.54) is 11.1 Å². The summed E-state index contributed by atoms with van der Waals surface area (Å²) in [7, 11) is -0.707. The van der Waals surface area contributed by atoms with Gasteiger partial charge in [0.2, 0.25) is 0 Å². The second kappa shape index (κ2) is 6.76. The summed E-state index contributed by atoms with van der Waals surface area (Å²) in [6, 6.07) is 6.72. The van der Waals surface area contributed by atoms with Crippen LogP contribution in [0.1, 0.15) is 38.3 Å². The standard InChI is InChI=1S/C15H24BrOSi/c1-15(2,3)13-9-8-12(7-6-10-16)14(11-13)17-18(4)5/h8-9,11H,6-7,10H2,1-5H3. The van der Waals surface area contributed by atoms with Crippen molar-refractivity contribution in [3.05, 3.63) is 29.3 Å². The van der Waals surface area contributed by atoms with Crippen molar-refractivity contribution in [3.8, 4) is 5.75 Å². The van der Waals surface area contributed by atoms with Crippen LogP contribution in [0.15, 0.2) is 18.2 Å². The molecule has 18 heavy (non-hydrogen) atoms. The fourth-order valence-electron chi connectivity index (χ4n) is 1.80. The number of aryl methyl sites for hydroxylation is 1. The highest BCUT2D eigenvalue weighted by Gasteiger charge is 2.16. The largest absolute Gasteiger partial charge is 0.542 e. The van der Waals surface area contributed by atoms with Gasteiger partial charge in [0.25, 0.3) is 9.04 Å². The molecule has 0 saturated carbocycles. The molecule has 3 heteroatoms. The Morgan fingerprint density at radius 2 is 1.89 bits per heavy atom. The second-order valence-electron chi connectivity index (χ2n) is 5.88. The first kappa shape index (κ1) is 15.8. The Hall–Kier alpha value is -0.283. The molecule has 0 amide bonds. The van der Waals surface area contributed by atoms with Crippen molar-refractivity contribution in [1.29, 1.82) is 0 Å². The van der Waals surface area contributed by atoms with Gasteiger partial charge in [-0.2, -0.15) is 0 Å². The predicted molar refractivity (Wildman–Crippen MR) is 85.4 cm³/mol. The zero-order valence-electron chi connectivity index (χ0n) is 12.1. The third kappa shape index (κ3) is 4.77. The van der Waals surface area contributed by atoms with Gasteiger partial charge in [0.05, 0.1) is 0 Å². The summed E-state index contributed by atoms with van der Waals surface area (Å²) in [6.07, 6.45) is 2.24. The van der Waals surface area contributed by atoms with E-state index in [1.807, 2.05) is 0 Å². The van der Waals surface area contributed by atoms with Gasteiger partial charge in [-0.25, -0.2) is 0 Å². The summed E-state index contributed by atoms with van der Waals surface area (Å²) in [4.78, 5) is 0. The minimum Gasteiger partial charge on any atom is -0.542 e. The van der Waals surface area contributed by atoms with Crippen LogP contribution in [0.4, 0.5) is 0 Å². The highest BCUT2D eigenvalue weighted by molar-refractivity contribution is 9.09. The van der Waals surface area contributed by atoms with E-state index in [4.69, 9.17) is 4.43 Å². The third-order valence-corrected chi connectivity index (χ3v) is 4.02. The number of rotatable bonds is 5. The Bertz CT molecular complexity index is 383. The van der Waals surface area contributed by atoms with E-state index in [-0.39, 0.29) is 5.41 Å². The molecule has 1 aromatic rings. The molecule has 0 aliphatic carbocycles. The monoisotopic (exact) mass is 327 g/mol. The fourth-order valence-corrected chi connectivity index (χ4v) is 2.71. The van der Waals surface area contributed by atoms with E-state index in [0.717, 1.165) is 23.9 Å². The van der Waals surface area contributed by atoms with Crippen LogP contribution in [0.5, 0.6) is 5.75 Å². The summed E-state index contributed by atoms with van der Waals surface area (Å²) >= 11 is 3.49. The fraction of sp³-hybridized carbons (Fsp3) is 0.600.